The standard InChI is InChI=1S/C11H10NO/c1-8-11(13-2)7-9-5-3-4-6-10(9)12-8/h3-7H,1H2,2H3. The second-order valence-electron chi connectivity index (χ2n) is 2.83. The summed E-state index contributed by atoms with van der Waals surface area (Å²) in [6.07, 6.45) is 0. The van der Waals surface area contributed by atoms with Crippen molar-refractivity contribution in [2.45, 2.75) is 0 Å². The summed E-state index contributed by atoms with van der Waals surface area (Å²) >= 11 is 0. The molecule has 0 atom stereocenters. The Morgan fingerprint density at radius 2 is 2.08 bits per heavy atom. The van der Waals surface area contributed by atoms with Crippen molar-refractivity contribution in [1.29, 1.82) is 0 Å². The molecule has 65 valence electrons. The van der Waals surface area contributed by atoms with E-state index < -0.39 is 0 Å². The Balaban J connectivity index is 2.74. The maximum Gasteiger partial charge on any atom is 0.141 e. The zero-order chi connectivity index (χ0) is 9.26. The summed E-state index contributed by atoms with van der Waals surface area (Å²) in [6, 6.07) is 9.85. The van der Waals surface area contributed by atoms with E-state index in [0.717, 1.165) is 16.7 Å². The van der Waals surface area contributed by atoms with Gasteiger partial charge in [-0.05, 0) is 19.1 Å². The van der Waals surface area contributed by atoms with Gasteiger partial charge in [-0.15, -0.1) is 0 Å². The first-order valence-electron chi connectivity index (χ1n) is 4.07. The summed E-state index contributed by atoms with van der Waals surface area (Å²) in [5.74, 6) is 0.735. The van der Waals surface area contributed by atoms with Crippen LogP contribution in [0, 0.1) is 6.92 Å². The molecule has 13 heavy (non-hydrogen) atoms. The first-order chi connectivity index (χ1) is 6.31. The van der Waals surface area contributed by atoms with Crippen molar-refractivity contribution < 1.29 is 4.74 Å². The van der Waals surface area contributed by atoms with Gasteiger partial charge < -0.3 is 4.74 Å². The largest absolute Gasteiger partial charge is 0.495 e. The number of benzene rings is 1. The van der Waals surface area contributed by atoms with Crippen LogP contribution in [0.25, 0.3) is 10.9 Å². The van der Waals surface area contributed by atoms with E-state index in [4.69, 9.17) is 4.74 Å². The average molecular weight is 172 g/mol. The van der Waals surface area contributed by atoms with Gasteiger partial charge in [0.25, 0.3) is 0 Å². The minimum atomic E-state index is 0.682. The number of pyridine rings is 1. The highest BCUT2D eigenvalue weighted by atomic mass is 16.5. The van der Waals surface area contributed by atoms with Gasteiger partial charge in [0.2, 0.25) is 0 Å². The second-order valence-corrected chi connectivity index (χ2v) is 2.83. The van der Waals surface area contributed by atoms with Crippen LogP contribution < -0.4 is 4.74 Å². The highest BCUT2D eigenvalue weighted by molar-refractivity contribution is 5.80. The predicted octanol–water partition coefficient (Wildman–Crippen LogP) is 2.43. The van der Waals surface area contributed by atoms with Crippen molar-refractivity contribution in [2.24, 2.45) is 0 Å². The van der Waals surface area contributed by atoms with Gasteiger partial charge in [-0.2, -0.15) is 0 Å². The number of hydrogen-bond acceptors (Lipinski definition) is 2. The van der Waals surface area contributed by atoms with Gasteiger partial charge in [-0.25, -0.2) is 4.98 Å². The molecule has 0 bridgehead atoms. The molecular weight excluding hydrogens is 162 g/mol. The minimum Gasteiger partial charge on any atom is -0.495 e. The third-order valence-electron chi connectivity index (χ3n) is 1.98. The smallest absolute Gasteiger partial charge is 0.141 e. The number of ether oxygens (including phenoxy) is 1. The van der Waals surface area contributed by atoms with Crippen molar-refractivity contribution in [3.8, 4) is 5.75 Å². The molecule has 0 aliphatic heterocycles. The number of hydrogen-bond donors (Lipinski definition) is 0. The van der Waals surface area contributed by atoms with Crippen LogP contribution in [0.5, 0.6) is 5.75 Å². The lowest BCUT2D eigenvalue weighted by atomic mass is 10.2. The molecule has 0 spiro atoms. The fourth-order valence-corrected chi connectivity index (χ4v) is 1.31. The average Bonchev–Trinajstić information content (AvgIpc) is 2.17. The number of aromatic nitrogens is 1. The zero-order valence-electron chi connectivity index (χ0n) is 7.45. The van der Waals surface area contributed by atoms with E-state index in [-0.39, 0.29) is 0 Å². The molecule has 0 amide bonds. The first-order valence-corrected chi connectivity index (χ1v) is 4.07. The van der Waals surface area contributed by atoms with Crippen molar-refractivity contribution in [1.82, 2.24) is 4.98 Å². The van der Waals surface area contributed by atoms with E-state index in [1.54, 1.807) is 7.11 Å². The van der Waals surface area contributed by atoms with Gasteiger partial charge in [0.15, 0.2) is 0 Å². The third kappa shape index (κ3) is 1.35. The van der Waals surface area contributed by atoms with E-state index in [1.165, 1.54) is 0 Å². The third-order valence-corrected chi connectivity index (χ3v) is 1.98. The van der Waals surface area contributed by atoms with Crippen LogP contribution in [0.1, 0.15) is 5.69 Å². The maximum atomic E-state index is 5.13. The normalized spacial score (nSPS) is 10.3. The van der Waals surface area contributed by atoms with Gasteiger partial charge in [-0.3, -0.25) is 0 Å². The number of methoxy groups -OCH3 is 1. The minimum absolute atomic E-state index is 0.682. The summed E-state index contributed by atoms with van der Waals surface area (Å²) in [7, 11) is 1.63. The number of fused-ring (bicyclic) bond motifs is 1. The fourth-order valence-electron chi connectivity index (χ4n) is 1.31. The lowest BCUT2D eigenvalue weighted by Gasteiger charge is -2.04. The van der Waals surface area contributed by atoms with E-state index in [0.29, 0.717) is 5.69 Å². The van der Waals surface area contributed by atoms with Crippen LogP contribution in [0.3, 0.4) is 0 Å². The Bertz CT molecular complexity index is 437. The molecular formula is C11H10NO. The predicted molar refractivity (Wildman–Crippen MR) is 52.8 cm³/mol. The molecule has 1 aromatic carbocycles. The van der Waals surface area contributed by atoms with E-state index in [9.17, 15) is 0 Å². The summed E-state index contributed by atoms with van der Waals surface area (Å²) < 4.78 is 5.13. The van der Waals surface area contributed by atoms with Crippen LogP contribution in [-0.2, 0) is 0 Å². The molecule has 1 heterocycles. The molecule has 2 aromatic rings. The fraction of sp³-hybridized carbons (Fsp3) is 0.0909. The molecule has 1 aromatic heterocycles. The molecule has 2 heteroatoms. The molecule has 1 radical (unpaired) electrons. The molecule has 2 nitrogen and oxygen atoms in total. The summed E-state index contributed by atoms with van der Waals surface area (Å²) in [5.41, 5.74) is 1.63. The second kappa shape index (κ2) is 3.05. The quantitative estimate of drug-likeness (QED) is 0.659. The Morgan fingerprint density at radius 1 is 1.31 bits per heavy atom. The van der Waals surface area contributed by atoms with Crippen LogP contribution in [0.15, 0.2) is 30.3 Å². The van der Waals surface area contributed by atoms with Crippen LogP contribution in [0.4, 0.5) is 0 Å². The number of nitrogens with zero attached hydrogens (tertiary/aromatic N) is 1. The molecule has 0 unspecified atom stereocenters. The number of rotatable bonds is 1. The lowest BCUT2D eigenvalue weighted by Crippen LogP contribution is -1.90. The Hall–Kier alpha value is -1.57. The molecule has 0 aliphatic rings. The zero-order valence-corrected chi connectivity index (χ0v) is 7.45. The van der Waals surface area contributed by atoms with Gasteiger partial charge in [0, 0.05) is 5.39 Å². The van der Waals surface area contributed by atoms with Crippen LogP contribution >= 0.6 is 0 Å². The van der Waals surface area contributed by atoms with Gasteiger partial charge in [-0.1, -0.05) is 18.2 Å². The molecule has 0 N–H and O–H groups in total. The van der Waals surface area contributed by atoms with E-state index in [2.05, 4.69) is 11.9 Å². The lowest BCUT2D eigenvalue weighted by molar-refractivity contribution is 0.412. The SMILES string of the molecule is [CH2]c1nc2ccccc2cc1OC. The Labute approximate surface area is 77.2 Å². The van der Waals surface area contributed by atoms with E-state index in [1.807, 2.05) is 30.3 Å². The molecule has 0 fully saturated rings. The van der Waals surface area contributed by atoms with Crippen molar-refractivity contribution in [2.75, 3.05) is 7.11 Å². The first kappa shape index (κ1) is 8.05. The van der Waals surface area contributed by atoms with Gasteiger partial charge in [0.1, 0.15) is 5.75 Å². The number of para-hydroxylation sites is 1. The molecule has 0 saturated heterocycles. The van der Waals surface area contributed by atoms with E-state index >= 15 is 0 Å². The van der Waals surface area contributed by atoms with Crippen molar-refractivity contribution in [3.05, 3.63) is 42.9 Å². The summed E-state index contributed by atoms with van der Waals surface area (Å²) in [4.78, 5) is 4.31. The Morgan fingerprint density at radius 3 is 2.85 bits per heavy atom. The maximum absolute atomic E-state index is 5.13. The highest BCUT2D eigenvalue weighted by Gasteiger charge is 2.01. The Kier molecular flexibility index (Phi) is 1.89. The van der Waals surface area contributed by atoms with Gasteiger partial charge >= 0.3 is 0 Å². The molecule has 0 aliphatic carbocycles. The molecule has 0 saturated carbocycles. The van der Waals surface area contributed by atoms with Crippen LogP contribution in [-0.4, -0.2) is 12.1 Å². The van der Waals surface area contributed by atoms with Crippen LogP contribution in [0.2, 0.25) is 0 Å². The van der Waals surface area contributed by atoms with Crippen molar-refractivity contribution in [3.63, 3.8) is 0 Å². The monoisotopic (exact) mass is 172 g/mol. The molecule has 2 rings (SSSR count). The summed E-state index contributed by atoms with van der Waals surface area (Å²) in [6.45, 7) is 3.81. The summed E-state index contributed by atoms with van der Waals surface area (Å²) in [5, 5.41) is 1.08. The highest BCUT2D eigenvalue weighted by Crippen LogP contribution is 2.21. The topological polar surface area (TPSA) is 22.1 Å². The van der Waals surface area contributed by atoms with Crippen molar-refractivity contribution >= 4 is 10.9 Å². The van der Waals surface area contributed by atoms with Gasteiger partial charge in [0.05, 0.1) is 18.3 Å².